The van der Waals surface area contributed by atoms with E-state index < -0.39 is 0 Å². The van der Waals surface area contributed by atoms with Crippen LogP contribution in [-0.4, -0.2) is 33.0 Å². The summed E-state index contributed by atoms with van der Waals surface area (Å²) in [5.41, 5.74) is 0.751. The monoisotopic (exact) mass is 378 g/mol. The Morgan fingerprint density at radius 2 is 1.88 bits per heavy atom. The molecule has 1 unspecified atom stereocenters. The first-order valence-electron chi connectivity index (χ1n) is 8.10. The number of hydrogen-bond acceptors (Lipinski definition) is 6. The number of anilines is 2. The van der Waals surface area contributed by atoms with E-state index in [0.717, 1.165) is 10.7 Å². The van der Waals surface area contributed by atoms with E-state index in [0.29, 0.717) is 11.6 Å². The van der Waals surface area contributed by atoms with E-state index in [9.17, 15) is 9.59 Å². The molecule has 2 rings (SSSR count). The molecule has 2 aromatic rings. The van der Waals surface area contributed by atoms with Crippen molar-refractivity contribution in [2.24, 2.45) is 0 Å². The number of carbonyl (C=O) groups excluding carboxylic acids is 2. The Morgan fingerprint density at radius 3 is 2.48 bits per heavy atom. The molecule has 0 aliphatic heterocycles. The molecule has 8 heteroatoms. The van der Waals surface area contributed by atoms with Gasteiger partial charge in [-0.25, -0.2) is 0 Å². The number of rotatable bonds is 8. The molecule has 0 fully saturated rings. The van der Waals surface area contributed by atoms with E-state index in [1.807, 2.05) is 51.1 Å². The summed E-state index contributed by atoms with van der Waals surface area (Å²) in [6.07, 6.45) is 0.630. The highest BCUT2D eigenvalue weighted by atomic mass is 32.2. The van der Waals surface area contributed by atoms with E-state index in [1.165, 1.54) is 23.1 Å². The van der Waals surface area contributed by atoms with Gasteiger partial charge in [0.25, 0.3) is 0 Å². The average Bonchev–Trinajstić information content (AvgIpc) is 3.05. The number of carbonyl (C=O) groups is 2. The Labute approximate surface area is 155 Å². The predicted molar refractivity (Wildman–Crippen MR) is 104 cm³/mol. The number of nitrogens with zero attached hydrogens (tertiary/aromatic N) is 2. The molecule has 0 spiro atoms. The molecule has 1 atom stereocenters. The van der Waals surface area contributed by atoms with Gasteiger partial charge >= 0.3 is 0 Å². The number of thioether (sulfide) groups is 1. The molecule has 0 aliphatic rings. The summed E-state index contributed by atoms with van der Waals surface area (Å²) in [4.78, 5) is 24.4. The van der Waals surface area contributed by atoms with Crippen molar-refractivity contribution >= 4 is 45.7 Å². The summed E-state index contributed by atoms with van der Waals surface area (Å²) in [6.45, 7) is 5.98. The Morgan fingerprint density at radius 1 is 1.16 bits per heavy atom. The SMILES string of the molecule is CCC(SCC(=O)Nc1ccccc1)C(=O)Nc1nnc(C(C)C)s1. The minimum Gasteiger partial charge on any atom is -0.325 e. The fourth-order valence-corrected chi connectivity index (χ4v) is 3.60. The van der Waals surface area contributed by atoms with Crippen molar-refractivity contribution in [3.8, 4) is 0 Å². The zero-order valence-corrected chi connectivity index (χ0v) is 16.1. The predicted octanol–water partition coefficient (Wildman–Crippen LogP) is 3.75. The minimum absolute atomic E-state index is 0.125. The van der Waals surface area contributed by atoms with Crippen molar-refractivity contribution in [1.29, 1.82) is 0 Å². The Kier molecular flexibility index (Phi) is 7.39. The fraction of sp³-hybridized carbons (Fsp3) is 0.412. The topological polar surface area (TPSA) is 84.0 Å². The highest BCUT2D eigenvalue weighted by Crippen LogP contribution is 2.24. The molecular formula is C17H22N4O2S2. The van der Waals surface area contributed by atoms with Crippen LogP contribution in [0.5, 0.6) is 0 Å². The van der Waals surface area contributed by atoms with Crippen LogP contribution in [0.3, 0.4) is 0 Å². The maximum atomic E-state index is 12.4. The zero-order chi connectivity index (χ0) is 18.2. The maximum absolute atomic E-state index is 12.4. The van der Waals surface area contributed by atoms with Crippen LogP contribution in [0.25, 0.3) is 0 Å². The molecule has 1 heterocycles. The van der Waals surface area contributed by atoms with Crippen LogP contribution in [0.15, 0.2) is 30.3 Å². The van der Waals surface area contributed by atoms with Gasteiger partial charge in [0.05, 0.1) is 11.0 Å². The Hall–Kier alpha value is -1.93. The number of amides is 2. The molecule has 1 aromatic carbocycles. The normalized spacial score (nSPS) is 12.0. The van der Waals surface area contributed by atoms with Gasteiger partial charge < -0.3 is 5.32 Å². The lowest BCUT2D eigenvalue weighted by Gasteiger charge is -2.13. The molecule has 134 valence electrons. The second-order valence-corrected chi connectivity index (χ2v) is 7.91. The molecule has 0 saturated heterocycles. The van der Waals surface area contributed by atoms with Crippen molar-refractivity contribution < 1.29 is 9.59 Å². The summed E-state index contributed by atoms with van der Waals surface area (Å²) in [7, 11) is 0. The van der Waals surface area contributed by atoms with Gasteiger partial charge in [0.2, 0.25) is 16.9 Å². The number of aromatic nitrogens is 2. The summed E-state index contributed by atoms with van der Waals surface area (Å²) in [5, 5.41) is 14.7. The molecular weight excluding hydrogens is 356 g/mol. The highest BCUT2D eigenvalue weighted by molar-refractivity contribution is 8.01. The number of nitrogens with one attached hydrogen (secondary N) is 2. The van der Waals surface area contributed by atoms with Crippen LogP contribution >= 0.6 is 23.1 Å². The number of hydrogen-bond donors (Lipinski definition) is 2. The van der Waals surface area contributed by atoms with Crippen molar-refractivity contribution in [1.82, 2.24) is 10.2 Å². The van der Waals surface area contributed by atoms with Crippen molar-refractivity contribution in [3.05, 3.63) is 35.3 Å². The molecule has 0 saturated carbocycles. The van der Waals surface area contributed by atoms with Crippen LogP contribution in [0.1, 0.15) is 38.1 Å². The van der Waals surface area contributed by atoms with Crippen LogP contribution in [0, 0.1) is 0 Å². The van der Waals surface area contributed by atoms with Crippen LogP contribution in [0.4, 0.5) is 10.8 Å². The van der Waals surface area contributed by atoms with E-state index in [2.05, 4.69) is 20.8 Å². The van der Waals surface area contributed by atoms with Gasteiger partial charge in [-0.05, 0) is 18.6 Å². The third-order valence-electron chi connectivity index (χ3n) is 3.30. The Balaban J connectivity index is 1.83. The highest BCUT2D eigenvalue weighted by Gasteiger charge is 2.20. The number of benzene rings is 1. The first kappa shape index (κ1) is 19.4. The second-order valence-electron chi connectivity index (χ2n) is 5.71. The first-order valence-corrected chi connectivity index (χ1v) is 9.96. The second kappa shape index (κ2) is 9.53. The van der Waals surface area contributed by atoms with Gasteiger partial charge in [-0.2, -0.15) is 0 Å². The lowest BCUT2D eigenvalue weighted by atomic mass is 10.2. The summed E-state index contributed by atoms with van der Waals surface area (Å²) < 4.78 is 0. The quantitative estimate of drug-likeness (QED) is 0.731. The third kappa shape index (κ3) is 6.13. The van der Waals surface area contributed by atoms with Gasteiger partial charge in [-0.15, -0.1) is 22.0 Å². The van der Waals surface area contributed by atoms with Crippen molar-refractivity contribution in [3.63, 3.8) is 0 Å². The summed E-state index contributed by atoms with van der Waals surface area (Å²) >= 11 is 2.70. The van der Waals surface area contributed by atoms with Gasteiger partial charge in [-0.1, -0.05) is 50.3 Å². The largest absolute Gasteiger partial charge is 0.325 e. The third-order valence-corrected chi connectivity index (χ3v) is 5.82. The van der Waals surface area contributed by atoms with Crippen molar-refractivity contribution in [2.75, 3.05) is 16.4 Å². The van der Waals surface area contributed by atoms with Gasteiger partial charge in [0, 0.05) is 11.6 Å². The molecule has 2 N–H and O–H groups in total. The molecule has 1 aromatic heterocycles. The lowest BCUT2D eigenvalue weighted by molar-refractivity contribution is -0.115. The Bertz CT molecular complexity index is 704. The van der Waals surface area contributed by atoms with E-state index in [4.69, 9.17) is 0 Å². The maximum Gasteiger partial charge on any atom is 0.239 e. The van der Waals surface area contributed by atoms with E-state index in [1.54, 1.807) is 0 Å². The molecule has 6 nitrogen and oxygen atoms in total. The standard InChI is InChI=1S/C17H22N4O2S2/c1-4-13(15(23)19-17-21-20-16(25-17)11(2)3)24-10-14(22)18-12-8-6-5-7-9-12/h5-9,11,13H,4,10H2,1-3H3,(H,18,22)(H,19,21,23). The molecule has 0 aliphatic carbocycles. The number of para-hydroxylation sites is 1. The molecule has 25 heavy (non-hydrogen) atoms. The van der Waals surface area contributed by atoms with Gasteiger partial charge in [-0.3, -0.25) is 14.9 Å². The first-order chi connectivity index (χ1) is 12.0. The van der Waals surface area contributed by atoms with E-state index in [-0.39, 0.29) is 28.7 Å². The van der Waals surface area contributed by atoms with Gasteiger partial charge in [0.15, 0.2) is 0 Å². The molecule has 0 radical (unpaired) electrons. The van der Waals surface area contributed by atoms with Crippen LogP contribution in [0.2, 0.25) is 0 Å². The van der Waals surface area contributed by atoms with Gasteiger partial charge in [0.1, 0.15) is 5.01 Å². The van der Waals surface area contributed by atoms with Crippen LogP contribution < -0.4 is 10.6 Å². The molecule has 0 bridgehead atoms. The minimum atomic E-state index is -0.312. The smallest absolute Gasteiger partial charge is 0.239 e. The molecule has 2 amide bonds. The lowest BCUT2D eigenvalue weighted by Crippen LogP contribution is -2.26. The fourth-order valence-electron chi connectivity index (χ4n) is 1.98. The van der Waals surface area contributed by atoms with Crippen LogP contribution in [-0.2, 0) is 9.59 Å². The van der Waals surface area contributed by atoms with E-state index >= 15 is 0 Å². The summed E-state index contributed by atoms with van der Waals surface area (Å²) in [6, 6.07) is 9.26. The zero-order valence-electron chi connectivity index (χ0n) is 14.5. The average molecular weight is 379 g/mol. The summed E-state index contributed by atoms with van der Waals surface area (Å²) in [5.74, 6) is 0.224. The van der Waals surface area contributed by atoms with Crippen molar-refractivity contribution in [2.45, 2.75) is 38.4 Å².